The SMILES string of the molecule is COC(=O)c1cc(-c2cc3c(cnn3COCC[Si](C)(C)C)nc2[C@H](Cc2cc(F)cc(F)c2)NC(=O)Cn2nc(C(F)F)c3c2C(F)(F)[C@@H]2C[C@H]32)ccc1F. The Hall–Kier alpha value is -5.10. The summed E-state index contributed by atoms with van der Waals surface area (Å²) in [5.41, 5.74) is -0.920. The average molecular weight is 803 g/mol. The van der Waals surface area contributed by atoms with Crippen LogP contribution in [0.25, 0.3) is 22.2 Å². The minimum atomic E-state index is -3.49. The highest BCUT2D eigenvalue weighted by Gasteiger charge is 2.67. The van der Waals surface area contributed by atoms with Crippen molar-refractivity contribution in [2.24, 2.45) is 5.92 Å². The molecule has 18 heteroatoms. The fourth-order valence-electron chi connectivity index (χ4n) is 7.24. The van der Waals surface area contributed by atoms with Gasteiger partial charge in [0.2, 0.25) is 5.91 Å². The van der Waals surface area contributed by atoms with Gasteiger partial charge in [0.15, 0.2) is 0 Å². The van der Waals surface area contributed by atoms with Crippen LogP contribution in [0.5, 0.6) is 0 Å². The van der Waals surface area contributed by atoms with Gasteiger partial charge in [0.05, 0.1) is 36.1 Å². The minimum absolute atomic E-state index is 0.0308. The normalized spacial score (nSPS) is 17.6. The molecule has 0 aliphatic heterocycles. The molecule has 0 radical (unpaired) electrons. The second-order valence-electron chi connectivity index (χ2n) is 15.3. The fraction of sp³-hybridized carbons (Fsp3) is 0.395. The van der Waals surface area contributed by atoms with Gasteiger partial charge in [0.1, 0.15) is 47.6 Å². The lowest BCUT2D eigenvalue weighted by Gasteiger charge is -2.23. The number of hydrogen-bond donors (Lipinski definition) is 1. The van der Waals surface area contributed by atoms with Crippen LogP contribution in [-0.4, -0.2) is 58.2 Å². The molecule has 1 fully saturated rings. The summed E-state index contributed by atoms with van der Waals surface area (Å²) in [6.45, 7) is 6.22. The summed E-state index contributed by atoms with van der Waals surface area (Å²) in [4.78, 5) is 31.2. The number of benzene rings is 2. The first-order chi connectivity index (χ1) is 26.4. The third kappa shape index (κ3) is 7.67. The first kappa shape index (κ1) is 39.1. The van der Waals surface area contributed by atoms with Gasteiger partial charge in [-0.05, 0) is 66.3 Å². The Labute approximate surface area is 317 Å². The number of carbonyl (C=O) groups excluding carboxylic acids is 2. The maximum Gasteiger partial charge on any atom is 0.340 e. The molecule has 2 aliphatic rings. The predicted molar refractivity (Wildman–Crippen MR) is 191 cm³/mol. The molecule has 3 aromatic heterocycles. The van der Waals surface area contributed by atoms with Crippen LogP contribution in [0.4, 0.5) is 30.7 Å². The first-order valence-corrected chi connectivity index (χ1v) is 21.5. The standard InChI is InChI=1S/C38H37F7N6O4Si/c1-54-37(53)25-12-20(5-6-27(25)41)23-15-30-29(16-46-51(30)18-55-7-8-56(2,3)4)48-33(23)28(11-19-9-21(39)13-22(40)10-19)47-31(52)17-50-35-32(34(49-50)36(42)43)24-14-26(24)38(35,44)45/h5-6,9-10,12-13,15-16,24,26,28,36H,7-8,11,14,17-18H2,1-4H3,(H,47,52)/t24-,26+,28-/m0/s1. The highest BCUT2D eigenvalue weighted by Crippen LogP contribution is 2.68. The van der Waals surface area contributed by atoms with Gasteiger partial charge in [-0.1, -0.05) is 25.7 Å². The van der Waals surface area contributed by atoms with E-state index in [9.17, 15) is 31.5 Å². The molecule has 5 aromatic rings. The molecule has 1 amide bonds. The topological polar surface area (TPSA) is 113 Å². The number of nitrogens with zero attached hydrogens (tertiary/aromatic N) is 5. The Morgan fingerprint density at radius 2 is 1.75 bits per heavy atom. The molecule has 0 spiro atoms. The Morgan fingerprint density at radius 3 is 2.43 bits per heavy atom. The molecule has 10 nitrogen and oxygen atoms in total. The number of aromatic nitrogens is 5. The van der Waals surface area contributed by atoms with Crippen molar-refractivity contribution in [3.05, 3.63) is 99.9 Å². The van der Waals surface area contributed by atoms with Crippen molar-refractivity contribution in [3.63, 3.8) is 0 Å². The molecular formula is C38H37F7N6O4Si. The highest BCUT2D eigenvalue weighted by molar-refractivity contribution is 6.76. The van der Waals surface area contributed by atoms with Gasteiger partial charge in [0.25, 0.3) is 12.3 Å². The number of nitrogens with one attached hydrogen (secondary N) is 1. The van der Waals surface area contributed by atoms with Gasteiger partial charge < -0.3 is 14.8 Å². The Kier molecular flexibility index (Phi) is 10.3. The maximum atomic E-state index is 15.3. The first-order valence-electron chi connectivity index (χ1n) is 17.8. The average Bonchev–Trinajstić information content (AvgIpc) is 3.61. The van der Waals surface area contributed by atoms with E-state index in [1.165, 1.54) is 23.0 Å². The summed E-state index contributed by atoms with van der Waals surface area (Å²) < 4.78 is 115. The summed E-state index contributed by atoms with van der Waals surface area (Å²) in [6.07, 6.45) is -2.01. The van der Waals surface area contributed by atoms with E-state index in [4.69, 9.17) is 14.5 Å². The maximum absolute atomic E-state index is 15.3. The van der Waals surface area contributed by atoms with Crippen molar-refractivity contribution in [2.45, 2.75) is 76.1 Å². The number of esters is 1. The van der Waals surface area contributed by atoms with Crippen molar-refractivity contribution in [2.75, 3.05) is 13.7 Å². The van der Waals surface area contributed by atoms with Crippen molar-refractivity contribution in [1.29, 1.82) is 0 Å². The number of rotatable bonds is 14. The molecule has 0 saturated heterocycles. The zero-order valence-electron chi connectivity index (χ0n) is 30.7. The van der Waals surface area contributed by atoms with Gasteiger partial charge in [-0.15, -0.1) is 0 Å². The van der Waals surface area contributed by atoms with Crippen LogP contribution in [0.2, 0.25) is 25.7 Å². The number of fused-ring (bicyclic) bond motifs is 4. The van der Waals surface area contributed by atoms with E-state index in [1.54, 1.807) is 6.07 Å². The Bertz CT molecular complexity index is 2320. The molecule has 2 aliphatic carbocycles. The van der Waals surface area contributed by atoms with E-state index < -0.39 is 91.1 Å². The second-order valence-corrected chi connectivity index (χ2v) is 20.9. The molecule has 2 aromatic carbocycles. The third-order valence-corrected chi connectivity index (χ3v) is 11.7. The number of amides is 1. The van der Waals surface area contributed by atoms with Crippen LogP contribution in [-0.2, 0) is 39.9 Å². The lowest BCUT2D eigenvalue weighted by atomic mass is 9.94. The smallest absolute Gasteiger partial charge is 0.340 e. The van der Waals surface area contributed by atoms with E-state index in [0.29, 0.717) is 28.4 Å². The number of methoxy groups -OCH3 is 1. The van der Waals surface area contributed by atoms with Crippen molar-refractivity contribution in [3.8, 4) is 11.1 Å². The molecule has 3 heterocycles. The number of halogens is 7. The summed E-state index contributed by atoms with van der Waals surface area (Å²) in [7, 11) is -0.338. The predicted octanol–water partition coefficient (Wildman–Crippen LogP) is 8.06. The lowest BCUT2D eigenvalue weighted by Crippen LogP contribution is -2.35. The number of hydrogen-bond acceptors (Lipinski definition) is 7. The minimum Gasteiger partial charge on any atom is -0.465 e. The summed E-state index contributed by atoms with van der Waals surface area (Å²) in [5, 5.41) is 10.8. The Balaban J connectivity index is 1.32. The largest absolute Gasteiger partial charge is 0.465 e. The van der Waals surface area contributed by atoms with Crippen LogP contribution in [0.15, 0.2) is 48.7 Å². The number of pyridine rings is 1. The van der Waals surface area contributed by atoms with E-state index >= 15 is 8.78 Å². The highest BCUT2D eigenvalue weighted by atomic mass is 28.3. The van der Waals surface area contributed by atoms with E-state index in [1.807, 2.05) is 0 Å². The quantitative estimate of drug-likeness (QED) is 0.0524. The van der Waals surface area contributed by atoms with Crippen LogP contribution in [0.1, 0.15) is 63.4 Å². The van der Waals surface area contributed by atoms with Crippen LogP contribution in [0.3, 0.4) is 0 Å². The van der Waals surface area contributed by atoms with Crippen LogP contribution >= 0.6 is 0 Å². The molecular weight excluding hydrogens is 766 g/mol. The number of alkyl halides is 4. The van der Waals surface area contributed by atoms with Gasteiger partial charge in [-0.25, -0.2) is 36.4 Å². The number of carbonyl (C=O) groups is 2. The molecule has 1 saturated carbocycles. The third-order valence-electron chi connectivity index (χ3n) is 10.0. The molecule has 3 atom stereocenters. The summed E-state index contributed by atoms with van der Waals surface area (Å²) in [5.74, 6) is -10.1. The van der Waals surface area contributed by atoms with Crippen LogP contribution in [0, 0.1) is 23.4 Å². The van der Waals surface area contributed by atoms with Crippen molar-refractivity contribution < 1.29 is 49.8 Å². The molecule has 56 heavy (non-hydrogen) atoms. The Morgan fingerprint density at radius 1 is 1.02 bits per heavy atom. The molecule has 0 bridgehead atoms. The van der Waals surface area contributed by atoms with Gasteiger partial charge in [-0.2, -0.15) is 19.0 Å². The fourth-order valence-corrected chi connectivity index (χ4v) is 8.00. The zero-order valence-corrected chi connectivity index (χ0v) is 31.7. The van der Waals surface area contributed by atoms with Gasteiger partial charge in [-0.3, -0.25) is 9.48 Å². The van der Waals surface area contributed by atoms with E-state index in [0.717, 1.165) is 31.4 Å². The molecule has 7 rings (SSSR count). The number of ether oxygens (including phenoxy) is 2. The van der Waals surface area contributed by atoms with Gasteiger partial charge >= 0.3 is 5.97 Å². The van der Waals surface area contributed by atoms with Crippen molar-refractivity contribution >= 4 is 31.0 Å². The molecule has 1 N–H and O–H groups in total. The summed E-state index contributed by atoms with van der Waals surface area (Å²) >= 11 is 0. The van der Waals surface area contributed by atoms with E-state index in [2.05, 4.69) is 35.2 Å². The van der Waals surface area contributed by atoms with E-state index in [-0.39, 0.29) is 47.5 Å². The van der Waals surface area contributed by atoms with Gasteiger partial charge in [0, 0.05) is 37.8 Å². The zero-order chi connectivity index (χ0) is 40.3. The second kappa shape index (κ2) is 14.8. The van der Waals surface area contributed by atoms with Crippen molar-refractivity contribution in [1.82, 2.24) is 29.9 Å². The van der Waals surface area contributed by atoms with Crippen LogP contribution < -0.4 is 5.32 Å². The monoisotopic (exact) mass is 802 g/mol. The lowest BCUT2D eigenvalue weighted by molar-refractivity contribution is -0.123. The summed E-state index contributed by atoms with van der Waals surface area (Å²) in [6, 6.07) is 7.55. The molecule has 0 unspecified atom stereocenters. The molecule has 296 valence electrons.